The van der Waals surface area contributed by atoms with E-state index in [-0.39, 0.29) is 0 Å². The molecule has 6 heteroatoms. The summed E-state index contributed by atoms with van der Waals surface area (Å²) in [6, 6.07) is 110. The van der Waals surface area contributed by atoms with Gasteiger partial charge in [0.2, 0.25) is 0 Å². The summed E-state index contributed by atoms with van der Waals surface area (Å²) in [5.74, 6) is 0. The van der Waals surface area contributed by atoms with Gasteiger partial charge in [0, 0.05) is 70.7 Å². The Kier molecular flexibility index (Phi) is 30.5. The molecule has 0 spiro atoms. The zero-order chi connectivity index (χ0) is 93.9. The number of aliphatic imine (C=N–C) groups is 6. The molecule has 21 aliphatic rings. The number of nitrogens with zero attached hydrogens (tertiary/aromatic N) is 6. The molecule has 0 radical (unpaired) electrons. The fraction of sp³-hybridized carbons (Fsp3) is 0.273. The van der Waals surface area contributed by atoms with Crippen LogP contribution in [-0.4, -0.2) is 37.3 Å². The van der Waals surface area contributed by atoms with Crippen LogP contribution in [0.1, 0.15) is 262 Å². The van der Waals surface area contributed by atoms with Crippen LogP contribution >= 0.6 is 0 Å². The molecule has 24 bridgehead atoms. The molecule has 0 amide bonds. The molecule has 0 aromatic heterocycles. The molecule has 21 heterocycles. The van der Waals surface area contributed by atoms with Gasteiger partial charge in [-0.3, -0.25) is 30.0 Å². The molecule has 0 aliphatic carbocycles. The second-order valence-corrected chi connectivity index (χ2v) is 38.8. The molecule has 17 aromatic carbocycles. The van der Waals surface area contributed by atoms with Crippen LogP contribution in [0.4, 0.5) is 34.1 Å². The SMILES string of the molecule is CCCCCCc1c2c(CCCCCC)c3c(CCCCCC)c1-c1ccc(cc1)N=Cc1cccc4cc5cccc(c5cc14)C=Nc1ccc(cc1)-c1c(CCCCCC)c(c(CCCCCC)c(c1CCCCCC)-c1ccc(cc1)N=Cc1cccc4cc5cccc(c5cc14)C=Nc1ccc-3cc1)-c1ccc(cc1)N=Cc1cccc3cc4cccc(c4cc13)C=Nc1ccc-2cc1. The van der Waals surface area contributed by atoms with Gasteiger partial charge in [-0.05, 0) is 351 Å². The Bertz CT molecular complexity index is 6210. The molecule has 0 fully saturated rings. The van der Waals surface area contributed by atoms with E-state index in [0.29, 0.717) is 0 Å². The fourth-order valence-corrected chi connectivity index (χ4v) is 21.9. The Morgan fingerprint density at radius 3 is 0.449 bits per heavy atom. The van der Waals surface area contributed by atoms with Crippen molar-refractivity contribution in [3.05, 3.63) is 358 Å². The largest absolute Gasteiger partial charge is 0.256 e. The van der Waals surface area contributed by atoms with Gasteiger partial charge < -0.3 is 0 Å². The van der Waals surface area contributed by atoms with Crippen LogP contribution in [0.25, 0.3) is 131 Å². The fourth-order valence-electron chi connectivity index (χ4n) is 21.9. The number of hydrogen-bond donors (Lipinski definition) is 0. The predicted octanol–water partition coefficient (Wildman–Crippen LogP) is 38.5. The van der Waals surface area contributed by atoms with Crippen LogP contribution < -0.4 is 0 Å². The molecule has 690 valence electrons. The second kappa shape index (κ2) is 45.1. The third-order valence-corrected chi connectivity index (χ3v) is 29.2. The Morgan fingerprint density at radius 1 is 0.152 bits per heavy atom. The summed E-state index contributed by atoms with van der Waals surface area (Å²) < 4.78 is 0. The first-order chi connectivity index (χ1) is 68.2. The molecule has 0 unspecified atom stereocenters. The van der Waals surface area contributed by atoms with Crippen molar-refractivity contribution in [2.45, 2.75) is 234 Å². The molecule has 21 aliphatic heterocycles. The standard InChI is InChI=1S/C132H132N6/c1-7-13-19-25-49-115-127-91-55-67-109(68-56-91)133-85-103-43-31-37-97-79-99-40-34-46-106(123(99)82-121(97)103)88-136-112-73-61-94(62-74-112)130-118(52-28-22-16-10-4)131-95-63-75-113(76-64-95)137-89-107-47-35-41-100-80-98-38-32-44-104(122(98)83-124(100)107)86-134-110-69-57-92(58-70-110)128(115)117(51-27-21-15-9-3)129(116(127)50-26-20-14-8-2)93-59-71-111(72-60-93)135-87-105-45-33-39-101-81-102-42-36-48-108(126(102)84-125(101)105)90-138-114-77-65-96(66-78-114)132(119(130)53-29-23-17-11-5)120(131)54-30-24-18-12-6/h31-48,55-90H,7-30,49-54H2,1-6H3. The second-order valence-electron chi connectivity index (χ2n) is 38.8. The number of hydrogen-bond acceptors (Lipinski definition) is 6. The van der Waals surface area contributed by atoms with Crippen molar-refractivity contribution < 1.29 is 0 Å². The zero-order valence-electron chi connectivity index (χ0n) is 82.1. The monoisotopic (exact) mass is 1800 g/mol. The van der Waals surface area contributed by atoms with E-state index < -0.39 is 0 Å². The summed E-state index contributed by atoms with van der Waals surface area (Å²) in [6.07, 6.45) is 46.0. The minimum absolute atomic E-state index is 0.914. The maximum atomic E-state index is 5.44. The summed E-state index contributed by atoms with van der Waals surface area (Å²) in [5.41, 5.74) is 36.3. The van der Waals surface area contributed by atoms with E-state index in [1.54, 1.807) is 0 Å². The van der Waals surface area contributed by atoms with Crippen LogP contribution in [0.2, 0.25) is 0 Å². The van der Waals surface area contributed by atoms with Gasteiger partial charge in [-0.15, -0.1) is 0 Å². The first kappa shape index (κ1) is 93.3. The van der Waals surface area contributed by atoms with Crippen molar-refractivity contribution in [3.63, 3.8) is 0 Å². The Labute approximate surface area is 819 Å². The summed E-state index contributed by atoms with van der Waals surface area (Å²) in [7, 11) is 0. The van der Waals surface area contributed by atoms with Crippen LogP contribution in [0.3, 0.4) is 0 Å². The van der Waals surface area contributed by atoms with Crippen molar-refractivity contribution in [1.82, 2.24) is 0 Å². The number of unbranched alkanes of at least 4 members (excludes halogenated alkanes) is 18. The summed E-state index contributed by atoms with van der Waals surface area (Å²) in [4.78, 5) is 32.6. The van der Waals surface area contributed by atoms with Crippen molar-refractivity contribution in [2.24, 2.45) is 30.0 Å². The van der Waals surface area contributed by atoms with Gasteiger partial charge in [-0.2, -0.15) is 0 Å². The zero-order valence-corrected chi connectivity index (χ0v) is 82.1. The quantitative estimate of drug-likeness (QED) is 0.0318. The van der Waals surface area contributed by atoms with E-state index in [2.05, 4.69) is 370 Å². The van der Waals surface area contributed by atoms with Crippen LogP contribution in [0.5, 0.6) is 0 Å². The highest BCUT2D eigenvalue weighted by atomic mass is 14.7. The maximum Gasteiger partial charge on any atom is 0.0630 e. The highest BCUT2D eigenvalue weighted by Gasteiger charge is 2.30. The van der Waals surface area contributed by atoms with E-state index in [9.17, 15) is 0 Å². The highest BCUT2D eigenvalue weighted by Crippen LogP contribution is 2.51. The van der Waals surface area contributed by atoms with E-state index in [4.69, 9.17) is 30.0 Å². The van der Waals surface area contributed by atoms with Crippen LogP contribution in [-0.2, 0) is 38.5 Å². The van der Waals surface area contributed by atoms with E-state index in [1.807, 2.05) is 0 Å². The molecule has 0 N–H and O–H groups in total. The van der Waals surface area contributed by atoms with Gasteiger partial charge in [0.25, 0.3) is 0 Å². The third-order valence-electron chi connectivity index (χ3n) is 29.2. The normalized spacial score (nSPS) is 12.4. The van der Waals surface area contributed by atoms with E-state index in [0.717, 1.165) is 254 Å². The summed E-state index contributed by atoms with van der Waals surface area (Å²) in [5, 5.41) is 13.9. The highest BCUT2D eigenvalue weighted by molar-refractivity contribution is 6.14. The first-order valence-electron chi connectivity index (χ1n) is 52.3. The van der Waals surface area contributed by atoms with Gasteiger partial charge in [0.15, 0.2) is 0 Å². The van der Waals surface area contributed by atoms with Gasteiger partial charge in [0.1, 0.15) is 0 Å². The lowest BCUT2D eigenvalue weighted by Gasteiger charge is -2.28. The molecule has 38 rings (SSSR count). The van der Waals surface area contributed by atoms with Gasteiger partial charge in [0.05, 0.1) is 34.1 Å². The minimum atomic E-state index is 0.914. The number of benzene rings is 17. The number of rotatable bonds is 30. The van der Waals surface area contributed by atoms with Gasteiger partial charge >= 0.3 is 0 Å². The molecular formula is C132H132N6. The lowest BCUT2D eigenvalue weighted by molar-refractivity contribution is 0.657. The van der Waals surface area contributed by atoms with Gasteiger partial charge in [-0.25, -0.2) is 0 Å². The Balaban J connectivity index is 0.877. The lowest BCUT2D eigenvalue weighted by atomic mass is 9.75. The van der Waals surface area contributed by atoms with Crippen molar-refractivity contribution in [3.8, 4) is 66.8 Å². The molecule has 17 aromatic rings. The Hall–Kier alpha value is -13.7. The van der Waals surface area contributed by atoms with Crippen LogP contribution in [0.15, 0.2) is 321 Å². The average molecular weight is 1800 g/mol. The van der Waals surface area contributed by atoms with Crippen molar-refractivity contribution in [2.75, 3.05) is 0 Å². The molecular weight excluding hydrogens is 1670 g/mol. The first-order valence-corrected chi connectivity index (χ1v) is 52.3. The maximum absolute atomic E-state index is 5.44. The molecule has 138 heavy (non-hydrogen) atoms. The average Bonchev–Trinajstić information content (AvgIpc) is 0.736. The Morgan fingerprint density at radius 2 is 0.304 bits per heavy atom. The van der Waals surface area contributed by atoms with Crippen molar-refractivity contribution in [1.29, 1.82) is 0 Å². The van der Waals surface area contributed by atoms with E-state index >= 15 is 0 Å². The van der Waals surface area contributed by atoms with Crippen molar-refractivity contribution >= 4 is 136 Å². The topological polar surface area (TPSA) is 74.2 Å². The van der Waals surface area contributed by atoms with Gasteiger partial charge in [-0.1, -0.05) is 339 Å². The third kappa shape index (κ3) is 21.1. The minimum Gasteiger partial charge on any atom is -0.256 e. The molecule has 6 nitrogen and oxygen atoms in total. The summed E-state index contributed by atoms with van der Waals surface area (Å²) >= 11 is 0. The van der Waals surface area contributed by atoms with E-state index in [1.165, 1.54) is 171 Å². The lowest BCUT2D eigenvalue weighted by Crippen LogP contribution is -2.09. The molecule has 0 atom stereocenters. The smallest absolute Gasteiger partial charge is 0.0630 e. The molecule has 0 saturated heterocycles. The predicted molar refractivity (Wildman–Crippen MR) is 600 cm³/mol. The van der Waals surface area contributed by atoms with Crippen LogP contribution in [0, 0.1) is 0 Å². The molecule has 0 saturated carbocycles. The summed E-state index contributed by atoms with van der Waals surface area (Å²) in [6.45, 7) is 14.0.